The molecule has 18 heavy (non-hydrogen) atoms. The van der Waals surface area contributed by atoms with E-state index in [0.29, 0.717) is 11.1 Å². The smallest absolute Gasteiger partial charge is 0.336 e. The number of aromatic nitrogens is 1. The highest BCUT2D eigenvalue weighted by molar-refractivity contribution is 6.17. The lowest BCUT2D eigenvalue weighted by Gasteiger charge is -2.04. The molecule has 0 fully saturated rings. The number of hydrogen-bond donors (Lipinski definition) is 2. The molecule has 0 unspecified atom stereocenters. The number of para-hydroxylation sites is 1. The van der Waals surface area contributed by atoms with Crippen molar-refractivity contribution < 1.29 is 14.6 Å². The second-order valence-corrected chi connectivity index (χ2v) is 4.04. The van der Waals surface area contributed by atoms with Gasteiger partial charge in [0.2, 0.25) is 0 Å². The molecular formula is C14H11NO3. The van der Waals surface area contributed by atoms with Crippen molar-refractivity contribution in [2.75, 3.05) is 7.11 Å². The Balaban J connectivity index is 2.56. The number of rotatable bonds is 2. The van der Waals surface area contributed by atoms with Gasteiger partial charge in [-0.2, -0.15) is 0 Å². The second-order valence-electron chi connectivity index (χ2n) is 4.04. The summed E-state index contributed by atoms with van der Waals surface area (Å²) < 4.78 is 5.27. The Morgan fingerprint density at radius 1 is 1.22 bits per heavy atom. The number of carboxylic acid groups (broad SMARTS) is 1. The largest absolute Gasteiger partial charge is 0.495 e. The zero-order chi connectivity index (χ0) is 12.7. The van der Waals surface area contributed by atoms with Gasteiger partial charge < -0.3 is 14.8 Å². The van der Waals surface area contributed by atoms with Crippen LogP contribution in [0.15, 0.2) is 36.4 Å². The van der Waals surface area contributed by atoms with Crippen LogP contribution in [-0.4, -0.2) is 23.2 Å². The molecular weight excluding hydrogens is 230 g/mol. The first-order valence-corrected chi connectivity index (χ1v) is 5.53. The van der Waals surface area contributed by atoms with E-state index < -0.39 is 5.97 Å². The molecule has 1 aromatic heterocycles. The fourth-order valence-corrected chi connectivity index (χ4v) is 2.28. The molecule has 0 amide bonds. The summed E-state index contributed by atoms with van der Waals surface area (Å²) in [7, 11) is 1.57. The van der Waals surface area contributed by atoms with E-state index in [9.17, 15) is 9.90 Å². The van der Waals surface area contributed by atoms with E-state index in [4.69, 9.17) is 4.74 Å². The summed E-state index contributed by atoms with van der Waals surface area (Å²) in [5.41, 5.74) is 1.90. The Kier molecular flexibility index (Phi) is 2.23. The molecule has 0 saturated carbocycles. The zero-order valence-corrected chi connectivity index (χ0v) is 9.73. The summed E-state index contributed by atoms with van der Waals surface area (Å²) in [5.74, 6) is -0.293. The van der Waals surface area contributed by atoms with Crippen LogP contribution in [-0.2, 0) is 0 Å². The molecule has 2 N–H and O–H groups in total. The molecule has 0 aliphatic rings. The monoisotopic (exact) mass is 241 g/mol. The average Bonchev–Trinajstić information content (AvgIpc) is 2.76. The number of nitrogens with one attached hydrogen (secondary N) is 1. The number of ether oxygens (including phenoxy) is 1. The summed E-state index contributed by atoms with van der Waals surface area (Å²) in [6.07, 6.45) is 0. The van der Waals surface area contributed by atoms with E-state index in [1.807, 2.05) is 24.3 Å². The molecule has 1 heterocycles. The Hall–Kier alpha value is -2.49. The molecule has 0 bridgehead atoms. The van der Waals surface area contributed by atoms with Crippen molar-refractivity contribution in [1.29, 1.82) is 0 Å². The number of carboxylic acids is 1. The molecule has 0 aliphatic heterocycles. The van der Waals surface area contributed by atoms with Crippen molar-refractivity contribution in [3.8, 4) is 5.75 Å². The minimum atomic E-state index is -0.938. The number of fused-ring (bicyclic) bond motifs is 3. The average molecular weight is 241 g/mol. The van der Waals surface area contributed by atoms with Crippen molar-refractivity contribution >= 4 is 27.8 Å². The first-order valence-electron chi connectivity index (χ1n) is 5.53. The van der Waals surface area contributed by atoms with E-state index in [1.54, 1.807) is 19.2 Å². The van der Waals surface area contributed by atoms with Crippen LogP contribution in [0.2, 0.25) is 0 Å². The first-order chi connectivity index (χ1) is 8.72. The van der Waals surface area contributed by atoms with Crippen LogP contribution in [0, 0.1) is 0 Å². The normalized spacial score (nSPS) is 10.9. The minimum Gasteiger partial charge on any atom is -0.495 e. The van der Waals surface area contributed by atoms with Gasteiger partial charge in [0.05, 0.1) is 18.2 Å². The lowest BCUT2D eigenvalue weighted by atomic mass is 10.1. The van der Waals surface area contributed by atoms with Gasteiger partial charge in [-0.15, -0.1) is 0 Å². The summed E-state index contributed by atoms with van der Waals surface area (Å²) >= 11 is 0. The van der Waals surface area contributed by atoms with Crippen LogP contribution in [0.3, 0.4) is 0 Å². The van der Waals surface area contributed by atoms with E-state index in [1.165, 1.54) is 0 Å². The Morgan fingerprint density at radius 2 is 2.00 bits per heavy atom. The van der Waals surface area contributed by atoms with Gasteiger partial charge in [-0.3, -0.25) is 0 Å². The standard InChI is InChI=1S/C14H11NO3/c1-18-11-7-6-9(14(16)17)12-8-4-2-3-5-10(8)15-13(11)12/h2-7,15H,1H3,(H,16,17). The van der Waals surface area contributed by atoms with Gasteiger partial charge >= 0.3 is 5.97 Å². The maximum atomic E-state index is 11.3. The molecule has 0 radical (unpaired) electrons. The lowest BCUT2D eigenvalue weighted by molar-refractivity contribution is 0.0699. The lowest BCUT2D eigenvalue weighted by Crippen LogP contribution is -1.97. The van der Waals surface area contributed by atoms with Crippen molar-refractivity contribution in [2.45, 2.75) is 0 Å². The Bertz CT molecular complexity index is 758. The van der Waals surface area contributed by atoms with Crippen LogP contribution in [0.5, 0.6) is 5.75 Å². The summed E-state index contributed by atoms with van der Waals surface area (Å²) in [5, 5.41) is 10.9. The molecule has 4 nitrogen and oxygen atoms in total. The highest BCUT2D eigenvalue weighted by atomic mass is 16.5. The highest BCUT2D eigenvalue weighted by Crippen LogP contribution is 2.34. The topological polar surface area (TPSA) is 62.3 Å². The third-order valence-electron chi connectivity index (χ3n) is 3.07. The van der Waals surface area contributed by atoms with Crippen molar-refractivity contribution in [1.82, 2.24) is 4.98 Å². The van der Waals surface area contributed by atoms with Gasteiger partial charge in [0.25, 0.3) is 0 Å². The first kappa shape index (κ1) is 10.7. The van der Waals surface area contributed by atoms with Crippen LogP contribution >= 0.6 is 0 Å². The van der Waals surface area contributed by atoms with E-state index in [2.05, 4.69) is 4.98 Å². The van der Waals surface area contributed by atoms with Crippen LogP contribution in [0.25, 0.3) is 21.8 Å². The van der Waals surface area contributed by atoms with Crippen molar-refractivity contribution in [3.05, 3.63) is 42.0 Å². The quantitative estimate of drug-likeness (QED) is 0.724. The summed E-state index contributed by atoms with van der Waals surface area (Å²) in [6, 6.07) is 10.9. The van der Waals surface area contributed by atoms with Gasteiger partial charge in [-0.1, -0.05) is 18.2 Å². The third-order valence-corrected chi connectivity index (χ3v) is 3.07. The molecule has 0 spiro atoms. The number of methoxy groups -OCH3 is 1. The van der Waals surface area contributed by atoms with Crippen molar-refractivity contribution in [3.63, 3.8) is 0 Å². The predicted octanol–water partition coefficient (Wildman–Crippen LogP) is 3.03. The minimum absolute atomic E-state index is 0.281. The number of hydrogen-bond acceptors (Lipinski definition) is 2. The second kappa shape index (κ2) is 3.77. The van der Waals surface area contributed by atoms with Gasteiger partial charge in [0.15, 0.2) is 0 Å². The molecule has 0 saturated heterocycles. The number of carbonyl (C=O) groups is 1. The van der Waals surface area contributed by atoms with Gasteiger partial charge in [0.1, 0.15) is 5.75 Å². The number of H-pyrrole nitrogens is 1. The predicted molar refractivity (Wildman–Crippen MR) is 69.3 cm³/mol. The van der Waals surface area contributed by atoms with Crippen LogP contribution in [0.4, 0.5) is 0 Å². The van der Waals surface area contributed by atoms with Crippen LogP contribution in [0.1, 0.15) is 10.4 Å². The molecule has 0 atom stereocenters. The molecule has 3 aromatic rings. The number of benzene rings is 2. The van der Waals surface area contributed by atoms with Gasteiger partial charge in [-0.05, 0) is 18.2 Å². The summed E-state index contributed by atoms with van der Waals surface area (Å²) in [6.45, 7) is 0. The van der Waals surface area contributed by atoms with E-state index in [0.717, 1.165) is 16.4 Å². The summed E-state index contributed by atoms with van der Waals surface area (Å²) in [4.78, 5) is 14.5. The highest BCUT2D eigenvalue weighted by Gasteiger charge is 2.16. The van der Waals surface area contributed by atoms with Gasteiger partial charge in [-0.25, -0.2) is 4.79 Å². The Labute approximate surface area is 103 Å². The third kappa shape index (κ3) is 1.35. The number of aromatic carboxylic acids is 1. The fourth-order valence-electron chi connectivity index (χ4n) is 2.28. The SMILES string of the molecule is COc1ccc(C(=O)O)c2c1[nH]c1ccccc12. The van der Waals surface area contributed by atoms with E-state index in [-0.39, 0.29) is 5.56 Å². The molecule has 90 valence electrons. The van der Waals surface area contributed by atoms with Crippen molar-refractivity contribution in [2.24, 2.45) is 0 Å². The number of aromatic amines is 1. The molecule has 4 heteroatoms. The fraction of sp³-hybridized carbons (Fsp3) is 0.0714. The van der Waals surface area contributed by atoms with Gasteiger partial charge in [0, 0.05) is 16.3 Å². The maximum absolute atomic E-state index is 11.3. The Morgan fingerprint density at radius 3 is 2.72 bits per heavy atom. The molecule has 2 aromatic carbocycles. The molecule has 0 aliphatic carbocycles. The van der Waals surface area contributed by atoms with E-state index >= 15 is 0 Å². The molecule has 3 rings (SSSR count). The zero-order valence-electron chi connectivity index (χ0n) is 9.73. The maximum Gasteiger partial charge on any atom is 0.336 e. The van der Waals surface area contributed by atoms with Crippen LogP contribution < -0.4 is 4.74 Å².